The fourth-order valence-corrected chi connectivity index (χ4v) is 1.42. The van der Waals surface area contributed by atoms with Gasteiger partial charge >= 0.3 is 0 Å². The molecule has 1 aromatic carbocycles. The Bertz CT molecular complexity index is 405. The Hall–Kier alpha value is -1.51. The molecule has 0 fully saturated rings. The molecular weight excluding hydrogens is 212 g/mol. The fourth-order valence-electron chi connectivity index (χ4n) is 1.42. The minimum absolute atomic E-state index is 0.0407. The van der Waals surface area contributed by atoms with Crippen LogP contribution in [-0.2, 0) is 4.79 Å². The molecule has 0 aliphatic heterocycles. The van der Waals surface area contributed by atoms with Crippen LogP contribution < -0.4 is 10.6 Å². The first-order valence-electron chi connectivity index (χ1n) is 5.90. The molecule has 0 radical (unpaired) electrons. The van der Waals surface area contributed by atoms with Crippen molar-refractivity contribution in [3.8, 4) is 0 Å². The zero-order chi connectivity index (χ0) is 13.1. The van der Waals surface area contributed by atoms with Crippen molar-refractivity contribution in [2.75, 3.05) is 17.2 Å². The van der Waals surface area contributed by atoms with Crippen LogP contribution in [-0.4, -0.2) is 12.5 Å². The maximum Gasteiger partial charge on any atom is 0.221 e. The van der Waals surface area contributed by atoms with E-state index in [2.05, 4.69) is 31.4 Å². The Kier molecular flexibility index (Phi) is 4.16. The molecule has 0 spiro atoms. The Balaban J connectivity index is 2.78. The van der Waals surface area contributed by atoms with Gasteiger partial charge in [0.2, 0.25) is 5.91 Å². The molecule has 17 heavy (non-hydrogen) atoms. The van der Waals surface area contributed by atoms with Gasteiger partial charge in [0.05, 0.1) is 0 Å². The van der Waals surface area contributed by atoms with Crippen LogP contribution in [0.3, 0.4) is 0 Å². The van der Waals surface area contributed by atoms with Crippen LogP contribution in [0.2, 0.25) is 0 Å². The van der Waals surface area contributed by atoms with Crippen molar-refractivity contribution in [3.63, 3.8) is 0 Å². The quantitative estimate of drug-likeness (QED) is 0.841. The van der Waals surface area contributed by atoms with Gasteiger partial charge in [-0.3, -0.25) is 4.79 Å². The maximum atomic E-state index is 11.1. The van der Waals surface area contributed by atoms with Crippen LogP contribution in [0.25, 0.3) is 0 Å². The minimum atomic E-state index is -0.0407. The summed E-state index contributed by atoms with van der Waals surface area (Å²) in [6, 6.07) is 6.02. The van der Waals surface area contributed by atoms with E-state index in [-0.39, 0.29) is 11.3 Å². The molecule has 3 nitrogen and oxygen atoms in total. The molecule has 0 saturated carbocycles. The van der Waals surface area contributed by atoms with E-state index < -0.39 is 0 Å². The molecule has 0 saturated heterocycles. The summed E-state index contributed by atoms with van der Waals surface area (Å²) < 4.78 is 0. The lowest BCUT2D eigenvalue weighted by atomic mass is 9.97. The lowest BCUT2D eigenvalue weighted by molar-refractivity contribution is -0.114. The van der Waals surface area contributed by atoms with Gasteiger partial charge < -0.3 is 10.6 Å². The molecule has 0 atom stereocenters. The summed E-state index contributed by atoms with van der Waals surface area (Å²) in [6.07, 6.45) is 0. The van der Waals surface area contributed by atoms with Crippen LogP contribution in [0.1, 0.15) is 33.3 Å². The molecule has 0 unspecified atom stereocenters. The lowest BCUT2D eigenvalue weighted by Crippen LogP contribution is -2.19. The summed E-state index contributed by atoms with van der Waals surface area (Å²) in [5.41, 5.74) is 3.21. The van der Waals surface area contributed by atoms with E-state index in [0.717, 1.165) is 23.5 Å². The minimum Gasteiger partial charge on any atom is -0.384 e. The molecule has 1 aromatic rings. The summed E-state index contributed by atoms with van der Waals surface area (Å²) in [7, 11) is 0. The van der Waals surface area contributed by atoms with E-state index in [0.29, 0.717) is 0 Å². The smallest absolute Gasteiger partial charge is 0.221 e. The van der Waals surface area contributed by atoms with E-state index in [1.807, 2.05) is 25.1 Å². The number of benzene rings is 1. The van der Waals surface area contributed by atoms with E-state index >= 15 is 0 Å². The molecule has 0 aliphatic rings. The monoisotopic (exact) mass is 234 g/mol. The molecule has 1 amide bonds. The first-order valence-corrected chi connectivity index (χ1v) is 5.90. The van der Waals surface area contributed by atoms with E-state index in [4.69, 9.17) is 0 Å². The summed E-state index contributed by atoms with van der Waals surface area (Å²) >= 11 is 0. The predicted octanol–water partition coefficient (Wildman–Crippen LogP) is 3.41. The average Bonchev–Trinajstić information content (AvgIpc) is 2.17. The Labute approximate surface area is 104 Å². The third kappa shape index (κ3) is 4.89. The molecule has 1 rings (SSSR count). The van der Waals surface area contributed by atoms with Gasteiger partial charge in [-0.1, -0.05) is 26.8 Å². The summed E-state index contributed by atoms with van der Waals surface area (Å²) in [5.74, 6) is -0.0407. The number of hydrogen-bond acceptors (Lipinski definition) is 2. The van der Waals surface area contributed by atoms with Gasteiger partial charge in [0, 0.05) is 24.8 Å². The van der Waals surface area contributed by atoms with Crippen molar-refractivity contribution in [1.82, 2.24) is 0 Å². The third-order valence-electron chi connectivity index (χ3n) is 2.37. The van der Waals surface area contributed by atoms with Gasteiger partial charge in [0.25, 0.3) is 0 Å². The Morgan fingerprint density at radius 2 is 1.94 bits per heavy atom. The highest BCUT2D eigenvalue weighted by molar-refractivity contribution is 5.90. The van der Waals surface area contributed by atoms with Crippen molar-refractivity contribution in [1.29, 1.82) is 0 Å². The number of carbonyl (C=O) groups excluding carboxylic acids is 1. The summed E-state index contributed by atoms with van der Waals surface area (Å²) in [4.78, 5) is 11.1. The number of nitrogens with one attached hydrogen (secondary N) is 2. The van der Waals surface area contributed by atoms with E-state index in [9.17, 15) is 4.79 Å². The van der Waals surface area contributed by atoms with Crippen molar-refractivity contribution >= 4 is 17.3 Å². The highest BCUT2D eigenvalue weighted by Gasteiger charge is 2.10. The lowest BCUT2D eigenvalue weighted by Gasteiger charge is -2.20. The average molecular weight is 234 g/mol. The normalized spacial score (nSPS) is 11.1. The van der Waals surface area contributed by atoms with Crippen LogP contribution in [0.5, 0.6) is 0 Å². The van der Waals surface area contributed by atoms with Crippen molar-refractivity contribution in [2.45, 2.75) is 34.6 Å². The zero-order valence-corrected chi connectivity index (χ0v) is 11.3. The molecule has 0 bridgehead atoms. The zero-order valence-electron chi connectivity index (χ0n) is 11.3. The first-order chi connectivity index (χ1) is 7.78. The third-order valence-corrected chi connectivity index (χ3v) is 2.37. The molecule has 3 heteroatoms. The van der Waals surface area contributed by atoms with Crippen LogP contribution >= 0.6 is 0 Å². The molecule has 0 aliphatic carbocycles. The molecular formula is C14H22N2O. The largest absolute Gasteiger partial charge is 0.384 e. The number of anilines is 2. The topological polar surface area (TPSA) is 41.1 Å². The second-order valence-corrected chi connectivity index (χ2v) is 5.63. The molecule has 0 aromatic heterocycles. The highest BCUT2D eigenvalue weighted by atomic mass is 16.1. The number of amides is 1. The fraction of sp³-hybridized carbons (Fsp3) is 0.500. The van der Waals surface area contributed by atoms with Crippen molar-refractivity contribution in [2.24, 2.45) is 5.41 Å². The standard InChI is InChI=1S/C14H22N2O/c1-10-6-7-12(15-9-14(3,4)5)8-13(10)16-11(2)17/h6-8,15H,9H2,1-5H3,(H,16,17). The van der Waals surface area contributed by atoms with Crippen LogP contribution in [0.15, 0.2) is 18.2 Å². The molecule has 0 heterocycles. The van der Waals surface area contributed by atoms with Gasteiger partial charge in [0.1, 0.15) is 0 Å². The Morgan fingerprint density at radius 1 is 1.29 bits per heavy atom. The predicted molar refractivity (Wildman–Crippen MR) is 73.4 cm³/mol. The molecule has 94 valence electrons. The second kappa shape index (κ2) is 5.21. The molecule has 2 N–H and O–H groups in total. The number of hydrogen-bond donors (Lipinski definition) is 2. The van der Waals surface area contributed by atoms with Crippen molar-refractivity contribution in [3.05, 3.63) is 23.8 Å². The maximum absolute atomic E-state index is 11.1. The van der Waals surface area contributed by atoms with Gasteiger partial charge in [-0.05, 0) is 30.0 Å². The number of rotatable bonds is 3. The van der Waals surface area contributed by atoms with Gasteiger partial charge in [-0.15, -0.1) is 0 Å². The SMILES string of the molecule is CC(=O)Nc1cc(NCC(C)(C)C)ccc1C. The highest BCUT2D eigenvalue weighted by Crippen LogP contribution is 2.22. The number of aryl methyl sites for hydroxylation is 1. The van der Waals surface area contributed by atoms with Gasteiger partial charge in [-0.2, -0.15) is 0 Å². The summed E-state index contributed by atoms with van der Waals surface area (Å²) in [6.45, 7) is 11.0. The van der Waals surface area contributed by atoms with Crippen LogP contribution in [0, 0.1) is 12.3 Å². The van der Waals surface area contributed by atoms with Crippen molar-refractivity contribution < 1.29 is 4.79 Å². The number of carbonyl (C=O) groups is 1. The van der Waals surface area contributed by atoms with Gasteiger partial charge in [-0.25, -0.2) is 0 Å². The van der Waals surface area contributed by atoms with Crippen LogP contribution in [0.4, 0.5) is 11.4 Å². The Morgan fingerprint density at radius 3 is 2.47 bits per heavy atom. The van der Waals surface area contributed by atoms with E-state index in [1.165, 1.54) is 6.92 Å². The summed E-state index contributed by atoms with van der Waals surface area (Å²) in [5, 5.41) is 6.21. The van der Waals surface area contributed by atoms with Gasteiger partial charge in [0.15, 0.2) is 0 Å². The van der Waals surface area contributed by atoms with E-state index in [1.54, 1.807) is 0 Å². The first kappa shape index (κ1) is 13.6. The second-order valence-electron chi connectivity index (χ2n) is 5.63.